The second-order valence-electron chi connectivity index (χ2n) is 5.22. The molecular formula is C15H23ClN2O2. The quantitative estimate of drug-likeness (QED) is 0.819. The van der Waals surface area contributed by atoms with Crippen molar-refractivity contribution >= 4 is 11.6 Å². The van der Waals surface area contributed by atoms with Crippen LogP contribution in [-0.2, 0) is 11.3 Å². The van der Waals surface area contributed by atoms with Gasteiger partial charge in [0.2, 0.25) is 0 Å². The molecule has 0 atom stereocenters. The average molecular weight is 299 g/mol. The maximum Gasteiger partial charge on any atom is 0.138 e. The molecule has 0 spiro atoms. The van der Waals surface area contributed by atoms with Gasteiger partial charge >= 0.3 is 0 Å². The molecule has 20 heavy (non-hydrogen) atoms. The molecule has 2 N–H and O–H groups in total. The summed E-state index contributed by atoms with van der Waals surface area (Å²) in [5.41, 5.74) is 7.13. The summed E-state index contributed by atoms with van der Waals surface area (Å²) in [7, 11) is 1.65. The number of halogens is 1. The van der Waals surface area contributed by atoms with E-state index in [1.54, 1.807) is 7.11 Å². The number of piperidine rings is 1. The number of hydrogen-bond donors (Lipinski definition) is 1. The van der Waals surface area contributed by atoms with E-state index in [0.29, 0.717) is 30.0 Å². The molecule has 112 valence electrons. The molecular weight excluding hydrogens is 276 g/mol. The lowest BCUT2D eigenvalue weighted by atomic mass is 10.1. The van der Waals surface area contributed by atoms with Crippen LogP contribution >= 0.6 is 11.6 Å². The zero-order valence-corrected chi connectivity index (χ0v) is 12.7. The van der Waals surface area contributed by atoms with Gasteiger partial charge in [-0.3, -0.25) is 4.90 Å². The third-order valence-corrected chi connectivity index (χ3v) is 3.88. The second-order valence-corrected chi connectivity index (χ2v) is 5.63. The minimum absolute atomic E-state index is 0.367. The number of rotatable bonds is 6. The molecule has 0 aliphatic carbocycles. The van der Waals surface area contributed by atoms with Crippen molar-refractivity contribution in [2.45, 2.75) is 25.4 Å². The Balaban J connectivity index is 1.88. The molecule has 0 amide bonds. The van der Waals surface area contributed by atoms with Gasteiger partial charge in [-0.1, -0.05) is 17.7 Å². The van der Waals surface area contributed by atoms with Crippen molar-refractivity contribution < 1.29 is 9.47 Å². The van der Waals surface area contributed by atoms with E-state index >= 15 is 0 Å². The molecule has 1 heterocycles. The molecule has 1 saturated heterocycles. The maximum atomic E-state index is 6.24. The Labute approximate surface area is 125 Å². The highest BCUT2D eigenvalue weighted by atomic mass is 35.5. The Bertz CT molecular complexity index is 420. The van der Waals surface area contributed by atoms with Crippen LogP contribution in [0.5, 0.6) is 5.75 Å². The minimum atomic E-state index is 0.367. The summed E-state index contributed by atoms with van der Waals surface area (Å²) >= 11 is 6.24. The summed E-state index contributed by atoms with van der Waals surface area (Å²) in [6.45, 7) is 4.12. The largest absolute Gasteiger partial charge is 0.490 e. The predicted molar refractivity (Wildman–Crippen MR) is 81.3 cm³/mol. The zero-order chi connectivity index (χ0) is 14.4. The van der Waals surface area contributed by atoms with Gasteiger partial charge in [-0.25, -0.2) is 0 Å². The first-order valence-electron chi connectivity index (χ1n) is 7.07. The van der Waals surface area contributed by atoms with E-state index in [9.17, 15) is 0 Å². The molecule has 0 aromatic heterocycles. The lowest BCUT2D eigenvalue weighted by Gasteiger charge is -2.30. The fourth-order valence-corrected chi connectivity index (χ4v) is 2.62. The Hall–Kier alpha value is -0.810. The molecule has 4 nitrogen and oxygen atoms in total. The molecule has 0 radical (unpaired) electrons. The molecule has 0 bridgehead atoms. The number of nitrogens with two attached hydrogens (primary N) is 1. The average Bonchev–Trinajstić information content (AvgIpc) is 2.44. The molecule has 1 aliphatic heterocycles. The van der Waals surface area contributed by atoms with Crippen molar-refractivity contribution in [3.8, 4) is 5.75 Å². The summed E-state index contributed by atoms with van der Waals surface area (Å²) in [5.74, 6) is 0.716. The van der Waals surface area contributed by atoms with Crippen molar-refractivity contribution in [2.24, 2.45) is 5.73 Å². The fraction of sp³-hybridized carbons (Fsp3) is 0.600. The summed E-state index contributed by atoms with van der Waals surface area (Å²) in [5, 5.41) is 0.660. The zero-order valence-electron chi connectivity index (χ0n) is 12.0. The second kappa shape index (κ2) is 7.84. The van der Waals surface area contributed by atoms with Crippen molar-refractivity contribution in [1.29, 1.82) is 0 Å². The number of likely N-dealkylation sites (tertiary alicyclic amines) is 1. The van der Waals surface area contributed by atoms with Crippen LogP contribution in [0.3, 0.4) is 0 Å². The molecule has 1 fully saturated rings. The highest BCUT2D eigenvalue weighted by Gasteiger charge is 2.16. The highest BCUT2D eigenvalue weighted by Crippen LogP contribution is 2.26. The molecule has 2 rings (SSSR count). The van der Waals surface area contributed by atoms with Crippen LogP contribution in [0.4, 0.5) is 0 Å². The van der Waals surface area contributed by atoms with Gasteiger partial charge in [0.15, 0.2) is 0 Å². The first kappa shape index (κ1) is 15.6. The van der Waals surface area contributed by atoms with Gasteiger partial charge in [-0.05, 0) is 43.6 Å². The summed E-state index contributed by atoms with van der Waals surface area (Å²) in [6, 6.07) is 6.36. The topological polar surface area (TPSA) is 47.7 Å². The summed E-state index contributed by atoms with van der Waals surface area (Å²) in [4.78, 5) is 2.42. The van der Waals surface area contributed by atoms with Crippen LogP contribution in [0, 0.1) is 0 Å². The van der Waals surface area contributed by atoms with E-state index in [2.05, 4.69) is 11.0 Å². The Kier molecular flexibility index (Phi) is 6.10. The minimum Gasteiger partial charge on any atom is -0.490 e. The van der Waals surface area contributed by atoms with Crippen molar-refractivity contribution in [3.05, 3.63) is 28.8 Å². The molecule has 0 unspecified atom stereocenters. The maximum absolute atomic E-state index is 6.24. The van der Waals surface area contributed by atoms with E-state index in [4.69, 9.17) is 26.8 Å². The van der Waals surface area contributed by atoms with Crippen molar-refractivity contribution in [1.82, 2.24) is 4.90 Å². The summed E-state index contributed by atoms with van der Waals surface area (Å²) < 4.78 is 10.5. The smallest absolute Gasteiger partial charge is 0.138 e. The van der Waals surface area contributed by atoms with Gasteiger partial charge in [0.1, 0.15) is 12.4 Å². The standard InChI is InChI=1S/C15H23ClN2O2/c1-19-8-9-20-15-3-2-12(10-14(15)16)11-18-6-4-13(17)5-7-18/h2-3,10,13H,4-9,11,17H2,1H3. The molecule has 5 heteroatoms. The van der Waals surface area contributed by atoms with Gasteiger partial charge in [0.05, 0.1) is 11.6 Å². The fourth-order valence-electron chi connectivity index (χ4n) is 2.36. The number of ether oxygens (including phenoxy) is 2. The Morgan fingerprint density at radius 2 is 2.05 bits per heavy atom. The first-order chi connectivity index (χ1) is 9.69. The third kappa shape index (κ3) is 4.63. The SMILES string of the molecule is COCCOc1ccc(CN2CCC(N)CC2)cc1Cl. The van der Waals surface area contributed by atoms with Gasteiger partial charge in [-0.2, -0.15) is 0 Å². The lowest BCUT2D eigenvalue weighted by molar-refractivity contribution is 0.146. The van der Waals surface area contributed by atoms with Crippen LogP contribution in [0.1, 0.15) is 18.4 Å². The lowest BCUT2D eigenvalue weighted by Crippen LogP contribution is -2.39. The normalized spacial score (nSPS) is 17.4. The monoisotopic (exact) mass is 298 g/mol. The van der Waals surface area contributed by atoms with Gasteiger partial charge in [0, 0.05) is 19.7 Å². The van der Waals surface area contributed by atoms with Crippen LogP contribution in [0.15, 0.2) is 18.2 Å². The van der Waals surface area contributed by atoms with E-state index in [-0.39, 0.29) is 0 Å². The number of nitrogens with zero attached hydrogens (tertiary/aromatic N) is 1. The number of benzene rings is 1. The number of methoxy groups -OCH3 is 1. The molecule has 1 aromatic rings. The molecule has 1 aromatic carbocycles. The van der Waals surface area contributed by atoms with Gasteiger partial charge in [-0.15, -0.1) is 0 Å². The van der Waals surface area contributed by atoms with E-state index in [1.165, 1.54) is 5.56 Å². The molecule has 0 saturated carbocycles. The third-order valence-electron chi connectivity index (χ3n) is 3.58. The van der Waals surface area contributed by atoms with Crippen LogP contribution < -0.4 is 10.5 Å². The Morgan fingerprint density at radius 3 is 2.70 bits per heavy atom. The predicted octanol–water partition coefficient (Wildman–Crippen LogP) is 2.29. The van der Waals surface area contributed by atoms with Crippen LogP contribution in [0.25, 0.3) is 0 Å². The van der Waals surface area contributed by atoms with E-state index in [1.807, 2.05) is 12.1 Å². The highest BCUT2D eigenvalue weighted by molar-refractivity contribution is 6.32. The molecule has 1 aliphatic rings. The van der Waals surface area contributed by atoms with Crippen LogP contribution in [-0.4, -0.2) is 44.4 Å². The first-order valence-corrected chi connectivity index (χ1v) is 7.45. The van der Waals surface area contributed by atoms with E-state index < -0.39 is 0 Å². The van der Waals surface area contributed by atoms with Crippen molar-refractivity contribution in [3.63, 3.8) is 0 Å². The van der Waals surface area contributed by atoms with Crippen LogP contribution in [0.2, 0.25) is 5.02 Å². The Morgan fingerprint density at radius 1 is 1.30 bits per heavy atom. The number of hydrogen-bond acceptors (Lipinski definition) is 4. The van der Waals surface area contributed by atoms with Gasteiger partial charge in [0.25, 0.3) is 0 Å². The van der Waals surface area contributed by atoms with Gasteiger partial charge < -0.3 is 15.2 Å². The van der Waals surface area contributed by atoms with Crippen molar-refractivity contribution in [2.75, 3.05) is 33.4 Å². The summed E-state index contributed by atoms with van der Waals surface area (Å²) in [6.07, 6.45) is 2.15. The van der Waals surface area contributed by atoms with E-state index in [0.717, 1.165) is 32.5 Å².